The maximum atomic E-state index is 10.9. The molecule has 2 aromatic rings. The van der Waals surface area contributed by atoms with Crippen LogP contribution in [0.5, 0.6) is 0 Å². The van der Waals surface area contributed by atoms with Gasteiger partial charge in [-0.2, -0.15) is 0 Å². The number of nitro groups is 1. The van der Waals surface area contributed by atoms with Crippen molar-refractivity contribution in [2.45, 2.75) is 18.8 Å². The van der Waals surface area contributed by atoms with Crippen LogP contribution in [0, 0.1) is 10.1 Å². The van der Waals surface area contributed by atoms with E-state index in [1.54, 1.807) is 11.3 Å². The van der Waals surface area contributed by atoms with Crippen molar-refractivity contribution >= 4 is 27.2 Å². The predicted octanol–water partition coefficient (Wildman–Crippen LogP) is 3.08. The van der Waals surface area contributed by atoms with Crippen molar-refractivity contribution in [1.29, 1.82) is 0 Å². The summed E-state index contributed by atoms with van der Waals surface area (Å²) < 4.78 is 0.992. The van der Waals surface area contributed by atoms with Crippen LogP contribution in [0.25, 0.3) is 10.2 Å². The van der Waals surface area contributed by atoms with Crippen LogP contribution in [0.15, 0.2) is 17.6 Å². The smallest absolute Gasteiger partial charge is 0.258 e. The third kappa shape index (κ3) is 1.31. The quantitative estimate of drug-likeness (QED) is 0.577. The molecular weight excluding hydrogens is 212 g/mol. The number of fused-ring (bicyclic) bond motifs is 1. The lowest BCUT2D eigenvalue weighted by atomic mass is 10.1. The maximum absolute atomic E-state index is 10.9. The number of rotatable bonds is 2. The van der Waals surface area contributed by atoms with E-state index in [0.717, 1.165) is 28.6 Å². The van der Waals surface area contributed by atoms with Crippen molar-refractivity contribution in [1.82, 2.24) is 4.98 Å². The van der Waals surface area contributed by atoms with E-state index < -0.39 is 0 Å². The highest BCUT2D eigenvalue weighted by Crippen LogP contribution is 2.47. The third-order valence-corrected chi connectivity index (χ3v) is 3.61. The zero-order valence-corrected chi connectivity index (χ0v) is 8.66. The number of pyridine rings is 1. The van der Waals surface area contributed by atoms with Gasteiger partial charge in [0.05, 0.1) is 20.7 Å². The highest BCUT2D eigenvalue weighted by atomic mass is 32.1. The Morgan fingerprint density at radius 2 is 2.33 bits per heavy atom. The molecule has 2 aromatic heterocycles. The topological polar surface area (TPSA) is 56.0 Å². The van der Waals surface area contributed by atoms with Gasteiger partial charge in [-0.05, 0) is 30.2 Å². The SMILES string of the molecule is O=[N+]([O-])c1cnc2ccsc2c1C1CC1. The summed E-state index contributed by atoms with van der Waals surface area (Å²) in [5, 5.41) is 12.8. The summed E-state index contributed by atoms with van der Waals surface area (Å²) in [5.74, 6) is 0.384. The van der Waals surface area contributed by atoms with Crippen molar-refractivity contribution in [2.75, 3.05) is 0 Å². The van der Waals surface area contributed by atoms with E-state index in [4.69, 9.17) is 0 Å². The Morgan fingerprint density at radius 3 is 3.00 bits per heavy atom. The van der Waals surface area contributed by atoms with E-state index in [2.05, 4.69) is 4.98 Å². The fraction of sp³-hybridized carbons (Fsp3) is 0.300. The molecule has 1 saturated carbocycles. The zero-order chi connectivity index (χ0) is 10.4. The van der Waals surface area contributed by atoms with Gasteiger partial charge in [0.25, 0.3) is 5.69 Å². The van der Waals surface area contributed by atoms with Crippen molar-refractivity contribution in [3.63, 3.8) is 0 Å². The van der Waals surface area contributed by atoms with E-state index in [9.17, 15) is 10.1 Å². The Kier molecular flexibility index (Phi) is 1.76. The normalized spacial score (nSPS) is 15.7. The predicted molar refractivity (Wildman–Crippen MR) is 58.2 cm³/mol. The molecule has 5 heteroatoms. The zero-order valence-electron chi connectivity index (χ0n) is 7.84. The van der Waals surface area contributed by atoms with Gasteiger partial charge in [-0.25, -0.2) is 4.98 Å². The fourth-order valence-electron chi connectivity index (χ4n) is 1.83. The molecule has 76 valence electrons. The van der Waals surface area contributed by atoms with Crippen LogP contribution < -0.4 is 0 Å². The Bertz CT molecular complexity index is 545. The highest BCUT2D eigenvalue weighted by Gasteiger charge is 2.33. The summed E-state index contributed by atoms with van der Waals surface area (Å²) in [5.41, 5.74) is 1.97. The number of aromatic nitrogens is 1. The molecule has 0 unspecified atom stereocenters. The summed E-state index contributed by atoms with van der Waals surface area (Å²) >= 11 is 1.55. The number of thiophene rings is 1. The minimum absolute atomic E-state index is 0.187. The van der Waals surface area contributed by atoms with Crippen LogP contribution in [0.3, 0.4) is 0 Å². The first-order valence-corrected chi connectivity index (χ1v) is 5.66. The Balaban J connectivity index is 2.34. The highest BCUT2D eigenvalue weighted by molar-refractivity contribution is 7.17. The summed E-state index contributed by atoms with van der Waals surface area (Å²) in [7, 11) is 0. The van der Waals surface area contributed by atoms with E-state index in [1.165, 1.54) is 6.20 Å². The van der Waals surface area contributed by atoms with Gasteiger partial charge >= 0.3 is 0 Å². The lowest BCUT2D eigenvalue weighted by molar-refractivity contribution is -0.385. The molecule has 0 saturated heterocycles. The molecule has 0 amide bonds. The fourth-order valence-corrected chi connectivity index (χ4v) is 2.81. The molecule has 0 bridgehead atoms. The van der Waals surface area contributed by atoms with Crippen molar-refractivity contribution in [3.8, 4) is 0 Å². The van der Waals surface area contributed by atoms with Crippen molar-refractivity contribution in [2.24, 2.45) is 0 Å². The second-order valence-electron chi connectivity index (χ2n) is 3.72. The molecule has 1 aliphatic carbocycles. The van der Waals surface area contributed by atoms with Gasteiger partial charge in [-0.1, -0.05) is 0 Å². The molecular formula is C10H8N2O2S. The average Bonchev–Trinajstić information content (AvgIpc) is 2.93. The molecule has 0 aliphatic heterocycles. The molecule has 2 heterocycles. The maximum Gasteiger partial charge on any atom is 0.292 e. The van der Waals surface area contributed by atoms with Gasteiger partial charge in [0.1, 0.15) is 6.20 Å². The minimum Gasteiger partial charge on any atom is -0.258 e. The van der Waals surface area contributed by atoms with Crippen LogP contribution in [0.1, 0.15) is 24.3 Å². The van der Waals surface area contributed by atoms with Gasteiger partial charge in [0.2, 0.25) is 0 Å². The molecule has 3 rings (SSSR count). The molecule has 1 fully saturated rings. The lowest BCUT2D eigenvalue weighted by Crippen LogP contribution is -1.95. The molecule has 15 heavy (non-hydrogen) atoms. The molecule has 0 spiro atoms. The second-order valence-corrected chi connectivity index (χ2v) is 4.64. The molecule has 0 radical (unpaired) electrons. The Labute approximate surface area is 89.7 Å². The summed E-state index contributed by atoms with van der Waals surface area (Å²) in [4.78, 5) is 14.7. The van der Waals surface area contributed by atoms with Crippen LogP contribution in [0.2, 0.25) is 0 Å². The first-order valence-electron chi connectivity index (χ1n) is 4.78. The largest absolute Gasteiger partial charge is 0.292 e. The summed E-state index contributed by atoms with van der Waals surface area (Å²) in [6.45, 7) is 0. The first-order chi connectivity index (χ1) is 7.27. The van der Waals surface area contributed by atoms with Crippen molar-refractivity contribution in [3.05, 3.63) is 33.3 Å². The van der Waals surface area contributed by atoms with Gasteiger partial charge in [0.15, 0.2) is 0 Å². The van der Waals surface area contributed by atoms with Crippen LogP contribution in [-0.4, -0.2) is 9.91 Å². The summed E-state index contributed by atoms with van der Waals surface area (Å²) in [6, 6.07) is 1.91. The standard InChI is InChI=1S/C10H8N2O2S/c13-12(14)8-5-11-7-3-4-15-10(7)9(8)6-1-2-6/h3-6H,1-2H2. The van der Waals surface area contributed by atoms with Crippen LogP contribution >= 0.6 is 11.3 Å². The lowest BCUT2D eigenvalue weighted by Gasteiger charge is -2.01. The molecule has 0 aromatic carbocycles. The Morgan fingerprint density at radius 1 is 1.53 bits per heavy atom. The monoisotopic (exact) mass is 220 g/mol. The van der Waals surface area contributed by atoms with E-state index in [0.29, 0.717) is 5.92 Å². The van der Waals surface area contributed by atoms with Crippen LogP contribution in [-0.2, 0) is 0 Å². The molecule has 1 aliphatic rings. The Hall–Kier alpha value is -1.49. The first kappa shape index (κ1) is 8.79. The number of hydrogen-bond donors (Lipinski definition) is 0. The van der Waals surface area contributed by atoms with Gasteiger partial charge < -0.3 is 0 Å². The molecule has 0 N–H and O–H groups in total. The van der Waals surface area contributed by atoms with E-state index in [1.807, 2.05) is 11.4 Å². The molecule has 4 nitrogen and oxygen atoms in total. The van der Waals surface area contributed by atoms with Gasteiger partial charge in [-0.3, -0.25) is 10.1 Å². The van der Waals surface area contributed by atoms with Gasteiger partial charge in [-0.15, -0.1) is 11.3 Å². The average molecular weight is 220 g/mol. The number of nitrogens with zero attached hydrogens (tertiary/aromatic N) is 2. The second kappa shape index (κ2) is 3.00. The third-order valence-electron chi connectivity index (χ3n) is 2.67. The minimum atomic E-state index is -0.320. The summed E-state index contributed by atoms with van der Waals surface area (Å²) in [6.07, 6.45) is 3.53. The van der Waals surface area contributed by atoms with E-state index >= 15 is 0 Å². The number of hydrogen-bond acceptors (Lipinski definition) is 4. The molecule has 0 atom stereocenters. The van der Waals surface area contributed by atoms with Crippen molar-refractivity contribution < 1.29 is 4.92 Å². The van der Waals surface area contributed by atoms with E-state index in [-0.39, 0.29) is 10.6 Å². The van der Waals surface area contributed by atoms with Gasteiger partial charge in [0, 0.05) is 0 Å². The van der Waals surface area contributed by atoms with Crippen LogP contribution in [0.4, 0.5) is 5.69 Å².